The highest BCUT2D eigenvalue weighted by Gasteiger charge is 2.35. The van der Waals surface area contributed by atoms with E-state index in [1.165, 1.54) is 25.3 Å². The number of phenolic OH excluding ortho intramolecular Hbond substituents is 2. The number of phenols is 2. The summed E-state index contributed by atoms with van der Waals surface area (Å²) in [5.41, 5.74) is 0.989. The second-order valence-corrected chi connectivity index (χ2v) is 6.29. The molecule has 3 atom stereocenters. The summed E-state index contributed by atoms with van der Waals surface area (Å²) in [7, 11) is 2.25. The summed E-state index contributed by atoms with van der Waals surface area (Å²) in [5.74, 6) is 0.278. The Morgan fingerprint density at radius 2 is 1.70 bits per heavy atom. The smallest absolute Gasteiger partial charge is 0.119 e. The van der Waals surface area contributed by atoms with E-state index in [1.54, 1.807) is 12.1 Å². The highest BCUT2D eigenvalue weighted by molar-refractivity contribution is 5.38. The molecule has 0 aromatic heterocycles. The molecular formula is C16H24N2O2. The molecule has 2 heterocycles. The highest BCUT2D eigenvalue weighted by Crippen LogP contribution is 2.34. The first-order chi connectivity index (χ1) is 9.54. The highest BCUT2D eigenvalue weighted by atomic mass is 16.3. The number of hydrogen-bond acceptors (Lipinski definition) is 4. The zero-order valence-corrected chi connectivity index (χ0v) is 12.3. The number of hydrogen-bond donors (Lipinski definition) is 2. The van der Waals surface area contributed by atoms with E-state index in [1.807, 2.05) is 0 Å². The van der Waals surface area contributed by atoms with Crippen molar-refractivity contribution in [1.29, 1.82) is 0 Å². The van der Waals surface area contributed by atoms with E-state index in [-0.39, 0.29) is 17.5 Å². The third-order valence-electron chi connectivity index (χ3n) is 5.13. The van der Waals surface area contributed by atoms with Gasteiger partial charge in [0.2, 0.25) is 0 Å². The van der Waals surface area contributed by atoms with E-state index in [2.05, 4.69) is 23.8 Å². The van der Waals surface area contributed by atoms with Gasteiger partial charge in [-0.15, -0.1) is 0 Å². The van der Waals surface area contributed by atoms with E-state index in [0.717, 1.165) is 24.7 Å². The van der Waals surface area contributed by atoms with Crippen LogP contribution < -0.4 is 0 Å². The van der Waals surface area contributed by atoms with Crippen molar-refractivity contribution in [2.45, 2.75) is 44.3 Å². The zero-order chi connectivity index (χ0) is 14.3. The van der Waals surface area contributed by atoms with Crippen molar-refractivity contribution in [2.24, 2.45) is 0 Å². The topological polar surface area (TPSA) is 46.9 Å². The maximum atomic E-state index is 9.66. The van der Waals surface area contributed by atoms with Gasteiger partial charge in [0.15, 0.2) is 0 Å². The summed E-state index contributed by atoms with van der Waals surface area (Å²) in [5, 5.41) is 19.3. The minimum Gasteiger partial charge on any atom is -0.508 e. The minimum absolute atomic E-state index is 0.139. The number of rotatable bonds is 2. The number of benzene rings is 1. The molecule has 4 nitrogen and oxygen atoms in total. The second-order valence-electron chi connectivity index (χ2n) is 6.29. The molecule has 3 unspecified atom stereocenters. The van der Waals surface area contributed by atoms with Crippen molar-refractivity contribution < 1.29 is 10.2 Å². The molecule has 1 aromatic carbocycles. The van der Waals surface area contributed by atoms with Crippen molar-refractivity contribution in [3.8, 4) is 11.5 Å². The Labute approximate surface area is 120 Å². The normalized spacial score (nSPS) is 29.3. The van der Waals surface area contributed by atoms with E-state index in [9.17, 15) is 10.2 Å². The molecule has 2 aliphatic heterocycles. The largest absolute Gasteiger partial charge is 0.508 e. The van der Waals surface area contributed by atoms with Crippen molar-refractivity contribution in [2.75, 3.05) is 20.1 Å². The number of aromatic hydroxyl groups is 2. The molecule has 110 valence electrons. The van der Waals surface area contributed by atoms with Gasteiger partial charge in [0.05, 0.1) is 0 Å². The Hall–Kier alpha value is -1.26. The average Bonchev–Trinajstić information content (AvgIpc) is 2.61. The van der Waals surface area contributed by atoms with Crippen LogP contribution in [0.4, 0.5) is 0 Å². The van der Waals surface area contributed by atoms with Gasteiger partial charge < -0.3 is 10.2 Å². The van der Waals surface area contributed by atoms with Crippen LogP contribution >= 0.6 is 0 Å². The molecule has 0 saturated carbocycles. The molecule has 2 bridgehead atoms. The van der Waals surface area contributed by atoms with Crippen molar-refractivity contribution in [3.63, 3.8) is 0 Å². The van der Waals surface area contributed by atoms with E-state index in [0.29, 0.717) is 6.04 Å². The first-order valence-corrected chi connectivity index (χ1v) is 7.53. The monoisotopic (exact) mass is 276 g/mol. The van der Waals surface area contributed by atoms with Crippen LogP contribution in [-0.2, 0) is 0 Å². The summed E-state index contributed by atoms with van der Waals surface area (Å²) in [4.78, 5) is 5.02. The molecular weight excluding hydrogens is 252 g/mol. The predicted molar refractivity (Wildman–Crippen MR) is 78.9 cm³/mol. The Bertz CT molecular complexity index is 471. The van der Waals surface area contributed by atoms with Crippen molar-refractivity contribution in [1.82, 2.24) is 9.80 Å². The Morgan fingerprint density at radius 1 is 1.05 bits per heavy atom. The molecule has 2 fully saturated rings. The van der Waals surface area contributed by atoms with Gasteiger partial charge >= 0.3 is 0 Å². The van der Waals surface area contributed by atoms with Crippen LogP contribution in [0.2, 0.25) is 0 Å². The van der Waals surface area contributed by atoms with Gasteiger partial charge in [-0.2, -0.15) is 0 Å². The van der Waals surface area contributed by atoms with Crippen LogP contribution in [0.3, 0.4) is 0 Å². The Kier molecular flexibility index (Phi) is 3.61. The summed E-state index contributed by atoms with van der Waals surface area (Å²) in [6.07, 6.45) is 3.83. The average molecular weight is 276 g/mol. The maximum Gasteiger partial charge on any atom is 0.119 e. The lowest BCUT2D eigenvalue weighted by atomic mass is 10.0. The zero-order valence-electron chi connectivity index (χ0n) is 12.3. The quantitative estimate of drug-likeness (QED) is 0.870. The number of fused-ring (bicyclic) bond motifs is 2. The third-order valence-corrected chi connectivity index (χ3v) is 5.13. The van der Waals surface area contributed by atoms with Crippen molar-refractivity contribution >= 4 is 0 Å². The van der Waals surface area contributed by atoms with Gasteiger partial charge in [0.25, 0.3) is 0 Å². The van der Waals surface area contributed by atoms with Gasteiger partial charge in [0, 0.05) is 37.3 Å². The molecule has 2 saturated heterocycles. The SMILES string of the molecule is CC(c1cc(O)cc(O)c1)N1CCC2CCC(C1)N2C. The lowest BCUT2D eigenvalue weighted by Gasteiger charge is -2.31. The second kappa shape index (κ2) is 5.26. The Morgan fingerprint density at radius 3 is 2.40 bits per heavy atom. The summed E-state index contributed by atoms with van der Waals surface area (Å²) < 4.78 is 0. The fourth-order valence-corrected chi connectivity index (χ4v) is 3.76. The fraction of sp³-hybridized carbons (Fsp3) is 0.625. The molecule has 0 radical (unpaired) electrons. The Balaban J connectivity index is 1.78. The van der Waals surface area contributed by atoms with Gasteiger partial charge in [-0.3, -0.25) is 9.80 Å². The summed E-state index contributed by atoms with van der Waals surface area (Å²) in [6.45, 7) is 4.32. The lowest BCUT2D eigenvalue weighted by molar-refractivity contribution is 0.181. The molecule has 4 heteroatoms. The third kappa shape index (κ3) is 2.50. The van der Waals surface area contributed by atoms with Gasteiger partial charge in [-0.1, -0.05) is 0 Å². The van der Waals surface area contributed by atoms with Gasteiger partial charge in [-0.05, 0) is 50.9 Å². The van der Waals surface area contributed by atoms with Gasteiger partial charge in [0.1, 0.15) is 11.5 Å². The molecule has 20 heavy (non-hydrogen) atoms. The molecule has 0 aliphatic carbocycles. The van der Waals surface area contributed by atoms with Crippen LogP contribution in [0, 0.1) is 0 Å². The number of nitrogens with zero attached hydrogens (tertiary/aromatic N) is 2. The summed E-state index contributed by atoms with van der Waals surface area (Å²) >= 11 is 0. The van der Waals surface area contributed by atoms with E-state index >= 15 is 0 Å². The molecule has 2 aliphatic rings. The molecule has 3 rings (SSSR count). The van der Waals surface area contributed by atoms with Crippen LogP contribution in [0.15, 0.2) is 18.2 Å². The first-order valence-electron chi connectivity index (χ1n) is 7.53. The maximum absolute atomic E-state index is 9.66. The molecule has 0 spiro atoms. The fourth-order valence-electron chi connectivity index (χ4n) is 3.76. The minimum atomic E-state index is 0.139. The van der Waals surface area contributed by atoms with E-state index in [4.69, 9.17) is 0 Å². The first kappa shape index (κ1) is 13.7. The molecule has 2 N–H and O–H groups in total. The van der Waals surface area contributed by atoms with E-state index < -0.39 is 0 Å². The summed E-state index contributed by atoms with van der Waals surface area (Å²) in [6, 6.07) is 6.51. The van der Waals surface area contributed by atoms with Crippen LogP contribution in [0.1, 0.15) is 37.8 Å². The number of likely N-dealkylation sites (N-methyl/N-ethyl adjacent to an activating group) is 1. The molecule has 1 aromatic rings. The molecule has 0 amide bonds. The number of likely N-dealkylation sites (tertiary alicyclic amines) is 1. The van der Waals surface area contributed by atoms with Gasteiger partial charge in [-0.25, -0.2) is 0 Å². The van der Waals surface area contributed by atoms with Crippen LogP contribution in [-0.4, -0.2) is 52.2 Å². The van der Waals surface area contributed by atoms with Crippen LogP contribution in [0.5, 0.6) is 11.5 Å². The lowest BCUT2D eigenvalue weighted by Crippen LogP contribution is -2.37. The predicted octanol–water partition coefficient (Wildman–Crippen LogP) is 2.33. The van der Waals surface area contributed by atoms with Crippen molar-refractivity contribution in [3.05, 3.63) is 23.8 Å². The standard InChI is InChI=1S/C16H24N2O2/c1-11(12-7-15(19)9-16(20)8-12)18-6-5-13-3-4-14(10-18)17(13)2/h7-9,11,13-14,19-20H,3-6,10H2,1-2H3. The van der Waals surface area contributed by atoms with Crippen LogP contribution in [0.25, 0.3) is 0 Å².